The van der Waals surface area contributed by atoms with Crippen molar-refractivity contribution in [1.82, 2.24) is 9.80 Å². The Morgan fingerprint density at radius 3 is 1.56 bits per heavy atom. The van der Waals surface area contributed by atoms with E-state index >= 15 is 0 Å². The van der Waals surface area contributed by atoms with Crippen molar-refractivity contribution in [2.24, 2.45) is 0 Å². The zero-order chi connectivity index (χ0) is 31.0. The predicted octanol–water partition coefficient (Wildman–Crippen LogP) is 2.93. The van der Waals surface area contributed by atoms with E-state index in [4.69, 9.17) is 18.9 Å². The second-order valence-corrected chi connectivity index (χ2v) is 13.8. The van der Waals surface area contributed by atoms with Crippen LogP contribution in [0.25, 0.3) is 0 Å². The van der Waals surface area contributed by atoms with Gasteiger partial charge in [0, 0.05) is 25.0 Å². The van der Waals surface area contributed by atoms with Crippen molar-refractivity contribution in [2.75, 3.05) is 44.7 Å². The van der Waals surface area contributed by atoms with Crippen LogP contribution in [0.2, 0.25) is 0 Å². The van der Waals surface area contributed by atoms with Crippen LogP contribution in [0, 0.1) is 0 Å². The third kappa shape index (κ3) is 26.4. The maximum absolute atomic E-state index is 11.8. The second-order valence-electron chi connectivity index (χ2n) is 13.0. The first-order valence-electron chi connectivity index (χ1n) is 14.4. The van der Waals surface area contributed by atoms with Crippen molar-refractivity contribution in [3.8, 4) is 0 Å². The minimum Gasteiger partial charge on any atom is -0.850 e. The molecule has 41 heavy (non-hydrogen) atoms. The van der Waals surface area contributed by atoms with Crippen LogP contribution < -0.4 is 56.5 Å². The van der Waals surface area contributed by atoms with Gasteiger partial charge in [0.2, 0.25) is 0 Å². The summed E-state index contributed by atoms with van der Waals surface area (Å²) in [7, 11) is 0. The Bertz CT molecular complexity index is 730. The van der Waals surface area contributed by atoms with E-state index in [-0.39, 0.29) is 75.8 Å². The Labute approximate surface area is 301 Å². The number of halogens is 1. The summed E-state index contributed by atoms with van der Waals surface area (Å²) in [5, 5.41) is 11.1. The van der Waals surface area contributed by atoms with Crippen molar-refractivity contribution in [2.45, 2.75) is 123 Å². The van der Waals surface area contributed by atoms with E-state index in [0.29, 0.717) is 26.2 Å². The van der Waals surface area contributed by atoms with Gasteiger partial charge < -0.3 is 33.9 Å². The molecule has 11 heteroatoms. The molecule has 0 saturated carbocycles. The summed E-state index contributed by atoms with van der Waals surface area (Å²) in [4.78, 5) is 27.0. The molecule has 0 aromatic heterocycles. The molecule has 0 aromatic carbocycles. The molecule has 2 aliphatic heterocycles. The number of rotatable bonds is 9. The summed E-state index contributed by atoms with van der Waals surface area (Å²) in [6, 6.07) is 0. The van der Waals surface area contributed by atoms with Crippen molar-refractivity contribution in [3.05, 3.63) is 12.7 Å². The molecule has 0 spiro atoms. The molecule has 0 radical (unpaired) electrons. The number of hydrogen-bond donors (Lipinski definition) is 0. The average Bonchev–Trinajstić information content (AvgIpc) is 3.44. The summed E-state index contributed by atoms with van der Waals surface area (Å²) in [6.45, 7) is 24.0. The molecule has 0 unspecified atom stereocenters. The minimum absolute atomic E-state index is 0. The van der Waals surface area contributed by atoms with E-state index < -0.39 is 16.8 Å². The van der Waals surface area contributed by atoms with Crippen LogP contribution in [0.5, 0.6) is 0 Å². The van der Waals surface area contributed by atoms with Crippen molar-refractivity contribution in [3.63, 3.8) is 0 Å². The van der Waals surface area contributed by atoms with Crippen LogP contribution in [0.3, 0.4) is 0 Å². The first-order valence-corrected chi connectivity index (χ1v) is 15.5. The monoisotopic (exact) mass is 674 g/mol. The Hall–Kier alpha value is 0.276. The molecule has 2 rings (SSSR count). The SMILES string of the molecule is C=CCCO[C@@H]1CCN(C(=O)OC(C)(C)C)C1.CC(C)(C)OC(=O)N1CC[C@@H](OCCCCBr)C1.CC(C)(C)[O-].[K+]. The van der Waals surface area contributed by atoms with Gasteiger partial charge in [-0.2, -0.15) is 0 Å². The van der Waals surface area contributed by atoms with E-state index in [9.17, 15) is 14.7 Å². The summed E-state index contributed by atoms with van der Waals surface area (Å²) >= 11 is 3.39. The molecule has 2 atom stereocenters. The van der Waals surface area contributed by atoms with Crippen LogP contribution in [-0.2, 0) is 18.9 Å². The zero-order valence-corrected chi connectivity index (χ0v) is 32.3. The van der Waals surface area contributed by atoms with Crippen molar-refractivity contribution >= 4 is 28.1 Å². The van der Waals surface area contributed by atoms with Crippen molar-refractivity contribution < 1.29 is 85.0 Å². The predicted molar refractivity (Wildman–Crippen MR) is 162 cm³/mol. The van der Waals surface area contributed by atoms with Gasteiger partial charge >= 0.3 is 63.6 Å². The summed E-state index contributed by atoms with van der Waals surface area (Å²) in [6.07, 6.45) is 6.51. The van der Waals surface area contributed by atoms with Crippen LogP contribution in [-0.4, -0.2) is 95.7 Å². The standard InChI is InChI=1S/C13H24BrNO3.C13H23NO3.C4H9O.K/c1-13(2,3)18-12(16)15-8-6-11(10-15)17-9-5-4-7-14;1-5-6-9-16-11-7-8-14(10-11)12(15)17-13(2,3)4;1-4(2,3)5;/h11H,4-10H2,1-3H3;5,11H,1,6-10H2,2-4H3;1-3H3;/q;;-1;+1/t2*11-;;/m11../s1. The van der Waals surface area contributed by atoms with Gasteiger partial charge in [0.15, 0.2) is 0 Å². The van der Waals surface area contributed by atoms with E-state index in [1.54, 1.807) is 30.6 Å². The van der Waals surface area contributed by atoms with Crippen LogP contribution in [0.4, 0.5) is 9.59 Å². The molecule has 2 saturated heterocycles. The topological polar surface area (TPSA) is 101 Å². The van der Waals surface area contributed by atoms with Gasteiger partial charge in [-0.05, 0) is 73.6 Å². The number of carbonyl (C=O) groups excluding carboxylic acids is 2. The fourth-order valence-electron chi connectivity index (χ4n) is 3.48. The van der Waals surface area contributed by atoms with Crippen LogP contribution in [0.15, 0.2) is 12.7 Å². The third-order valence-electron chi connectivity index (χ3n) is 5.15. The minimum atomic E-state index is -0.750. The molecule has 0 N–H and O–H groups in total. The van der Waals surface area contributed by atoms with Crippen molar-refractivity contribution in [1.29, 1.82) is 0 Å². The molecule has 2 fully saturated rings. The molecule has 0 bridgehead atoms. The number of unbranched alkanes of at least 4 members (excludes halogenated alkanes) is 1. The number of ether oxygens (including phenoxy) is 4. The van der Waals surface area contributed by atoms with Gasteiger partial charge in [-0.1, -0.05) is 42.8 Å². The summed E-state index contributed by atoms with van der Waals surface area (Å²) < 4.78 is 22.0. The van der Waals surface area contributed by atoms with Crippen LogP contribution >= 0.6 is 15.9 Å². The van der Waals surface area contributed by atoms with E-state index in [2.05, 4.69) is 22.5 Å². The van der Waals surface area contributed by atoms with Gasteiger partial charge in [0.25, 0.3) is 0 Å². The molecule has 0 aliphatic carbocycles. The number of likely N-dealkylation sites (tertiary alicyclic amines) is 2. The Morgan fingerprint density at radius 2 is 1.22 bits per heavy atom. The largest absolute Gasteiger partial charge is 1.00 e. The molecule has 2 aliphatic rings. The maximum Gasteiger partial charge on any atom is 1.00 e. The number of nitrogens with zero attached hydrogens (tertiary/aromatic N) is 2. The van der Waals surface area contributed by atoms with Gasteiger partial charge in [-0.15, -0.1) is 12.2 Å². The van der Waals surface area contributed by atoms with Gasteiger partial charge in [0.05, 0.1) is 31.9 Å². The fourth-order valence-corrected chi connectivity index (χ4v) is 3.87. The number of alkyl halides is 1. The number of amides is 2. The van der Waals surface area contributed by atoms with Gasteiger partial charge in [0.1, 0.15) is 11.2 Å². The molecule has 0 aromatic rings. The molecule has 2 amide bonds. The van der Waals surface area contributed by atoms with E-state index in [1.807, 2.05) is 47.6 Å². The molecule has 9 nitrogen and oxygen atoms in total. The first-order chi connectivity index (χ1) is 18.3. The quantitative estimate of drug-likeness (QED) is 0.161. The van der Waals surface area contributed by atoms with Crippen LogP contribution in [0.1, 0.15) is 94.4 Å². The zero-order valence-electron chi connectivity index (χ0n) is 27.6. The summed E-state index contributed by atoms with van der Waals surface area (Å²) in [5.41, 5.74) is -1.61. The van der Waals surface area contributed by atoms with E-state index in [0.717, 1.165) is 50.6 Å². The second kappa shape index (κ2) is 21.9. The number of carbonyl (C=O) groups is 2. The maximum atomic E-state index is 11.8. The molecule has 2 heterocycles. The number of hydrogen-bond acceptors (Lipinski definition) is 7. The molecular weight excluding hydrogens is 619 g/mol. The van der Waals surface area contributed by atoms with Gasteiger partial charge in [-0.3, -0.25) is 0 Å². The molecular formula is C30H56BrKN2O7. The molecule has 236 valence electrons. The Kier molecular flexibility index (Phi) is 23.2. The Morgan fingerprint density at radius 1 is 0.829 bits per heavy atom. The normalized spacial score (nSPS) is 18.8. The first kappa shape index (κ1) is 43.4. The van der Waals surface area contributed by atoms with Gasteiger partial charge in [-0.25, -0.2) is 9.59 Å². The fraction of sp³-hybridized carbons (Fsp3) is 0.867. The Balaban J connectivity index is 0. The third-order valence-corrected chi connectivity index (χ3v) is 5.71. The summed E-state index contributed by atoms with van der Waals surface area (Å²) in [5.74, 6) is 0. The smallest absolute Gasteiger partial charge is 0.850 e. The average molecular weight is 676 g/mol. The van der Waals surface area contributed by atoms with E-state index in [1.165, 1.54) is 0 Å².